The molecule has 0 bridgehead atoms. The third kappa shape index (κ3) is 2.81. The molecule has 1 fully saturated rings. The molecular formula is C10H15N5O2S. The van der Waals surface area contributed by atoms with Gasteiger partial charge in [-0.15, -0.1) is 0 Å². The minimum atomic E-state index is -0.454. The van der Waals surface area contributed by atoms with Crippen molar-refractivity contribution in [1.82, 2.24) is 9.97 Å². The highest BCUT2D eigenvalue weighted by molar-refractivity contribution is 7.99. The first-order chi connectivity index (χ1) is 8.72. The monoisotopic (exact) mass is 269 g/mol. The van der Waals surface area contributed by atoms with Crippen molar-refractivity contribution in [3.05, 3.63) is 16.4 Å². The third-order valence-electron chi connectivity index (χ3n) is 2.74. The molecule has 1 aliphatic heterocycles. The van der Waals surface area contributed by atoms with E-state index in [-0.39, 0.29) is 17.5 Å². The molecule has 2 heterocycles. The molecular weight excluding hydrogens is 254 g/mol. The molecule has 7 nitrogen and oxygen atoms in total. The molecule has 0 spiro atoms. The van der Waals surface area contributed by atoms with Gasteiger partial charge >= 0.3 is 5.69 Å². The predicted molar refractivity (Wildman–Crippen MR) is 72.2 cm³/mol. The van der Waals surface area contributed by atoms with E-state index in [1.54, 1.807) is 7.05 Å². The van der Waals surface area contributed by atoms with Crippen molar-refractivity contribution in [2.24, 2.45) is 0 Å². The summed E-state index contributed by atoms with van der Waals surface area (Å²) in [4.78, 5) is 18.5. The average molecular weight is 269 g/mol. The Morgan fingerprint density at radius 2 is 2.28 bits per heavy atom. The molecule has 18 heavy (non-hydrogen) atoms. The summed E-state index contributed by atoms with van der Waals surface area (Å²) in [5, 5.41) is 17.0. The van der Waals surface area contributed by atoms with Gasteiger partial charge in [-0.1, -0.05) is 0 Å². The summed E-state index contributed by atoms with van der Waals surface area (Å²) in [5.41, 5.74) is -0.0874. The number of hydrogen-bond donors (Lipinski definition) is 2. The van der Waals surface area contributed by atoms with Gasteiger partial charge < -0.3 is 10.6 Å². The van der Waals surface area contributed by atoms with Crippen LogP contribution in [0.15, 0.2) is 6.33 Å². The Bertz CT molecular complexity index is 436. The van der Waals surface area contributed by atoms with Crippen LogP contribution in [0.4, 0.5) is 17.3 Å². The van der Waals surface area contributed by atoms with E-state index < -0.39 is 4.92 Å². The summed E-state index contributed by atoms with van der Waals surface area (Å²) in [6, 6.07) is 0.238. The van der Waals surface area contributed by atoms with Gasteiger partial charge in [0.25, 0.3) is 0 Å². The number of nitrogens with zero attached hydrogens (tertiary/aromatic N) is 3. The lowest BCUT2D eigenvalue weighted by molar-refractivity contribution is -0.383. The predicted octanol–water partition coefficient (Wildman–Crippen LogP) is 1.73. The summed E-state index contributed by atoms with van der Waals surface area (Å²) in [7, 11) is 1.61. The van der Waals surface area contributed by atoms with Crippen molar-refractivity contribution in [3.8, 4) is 0 Å². The zero-order valence-corrected chi connectivity index (χ0v) is 10.9. The molecule has 2 rings (SSSR count). The summed E-state index contributed by atoms with van der Waals surface area (Å²) in [6.07, 6.45) is 3.47. The fraction of sp³-hybridized carbons (Fsp3) is 0.600. The van der Waals surface area contributed by atoms with E-state index in [4.69, 9.17) is 0 Å². The lowest BCUT2D eigenvalue weighted by Gasteiger charge is -2.22. The van der Waals surface area contributed by atoms with Gasteiger partial charge in [0.1, 0.15) is 6.33 Å². The zero-order chi connectivity index (χ0) is 13.0. The van der Waals surface area contributed by atoms with Gasteiger partial charge in [0, 0.05) is 18.8 Å². The molecule has 1 saturated heterocycles. The van der Waals surface area contributed by atoms with Crippen molar-refractivity contribution < 1.29 is 4.92 Å². The number of thioether (sulfide) groups is 1. The molecule has 0 aliphatic carbocycles. The second kappa shape index (κ2) is 5.85. The largest absolute Gasteiger partial charge is 0.367 e. The van der Waals surface area contributed by atoms with E-state index >= 15 is 0 Å². The van der Waals surface area contributed by atoms with E-state index in [0.29, 0.717) is 5.82 Å². The number of anilines is 2. The molecule has 1 aliphatic rings. The van der Waals surface area contributed by atoms with Crippen LogP contribution in [0.25, 0.3) is 0 Å². The summed E-state index contributed by atoms with van der Waals surface area (Å²) < 4.78 is 0. The van der Waals surface area contributed by atoms with Crippen LogP contribution in [0.1, 0.15) is 12.8 Å². The summed E-state index contributed by atoms with van der Waals surface area (Å²) >= 11 is 1.86. The van der Waals surface area contributed by atoms with E-state index in [9.17, 15) is 10.1 Å². The van der Waals surface area contributed by atoms with Crippen molar-refractivity contribution in [2.45, 2.75) is 18.9 Å². The van der Waals surface area contributed by atoms with Crippen molar-refractivity contribution in [1.29, 1.82) is 0 Å². The average Bonchev–Trinajstić information content (AvgIpc) is 2.39. The van der Waals surface area contributed by atoms with E-state index in [2.05, 4.69) is 20.6 Å². The van der Waals surface area contributed by atoms with Crippen molar-refractivity contribution in [2.75, 3.05) is 29.2 Å². The highest BCUT2D eigenvalue weighted by Crippen LogP contribution is 2.30. The molecule has 0 amide bonds. The van der Waals surface area contributed by atoms with Crippen LogP contribution >= 0.6 is 11.8 Å². The molecule has 1 aromatic heterocycles. The van der Waals surface area contributed by atoms with Crippen LogP contribution < -0.4 is 10.6 Å². The number of nitro groups is 1. The Labute approximate surface area is 109 Å². The van der Waals surface area contributed by atoms with Gasteiger partial charge in [-0.05, 0) is 18.6 Å². The SMILES string of the molecule is CNc1ncnc(NC2CCCSC2)c1[N+](=O)[O-]. The number of aromatic nitrogens is 2. The van der Waals surface area contributed by atoms with E-state index in [1.807, 2.05) is 11.8 Å². The normalized spacial score (nSPS) is 19.3. The Morgan fingerprint density at radius 1 is 1.50 bits per heavy atom. The van der Waals surface area contributed by atoms with Crippen LogP contribution in [0.3, 0.4) is 0 Å². The van der Waals surface area contributed by atoms with Crippen LogP contribution in [-0.4, -0.2) is 39.5 Å². The van der Waals surface area contributed by atoms with Gasteiger partial charge in [0.2, 0.25) is 11.6 Å². The van der Waals surface area contributed by atoms with Crippen LogP contribution in [0, 0.1) is 10.1 Å². The molecule has 0 radical (unpaired) electrons. The van der Waals surface area contributed by atoms with Gasteiger partial charge in [0.05, 0.1) is 4.92 Å². The van der Waals surface area contributed by atoms with Gasteiger partial charge in [-0.2, -0.15) is 11.8 Å². The first kappa shape index (κ1) is 12.9. The molecule has 98 valence electrons. The van der Waals surface area contributed by atoms with E-state index in [1.165, 1.54) is 6.33 Å². The highest BCUT2D eigenvalue weighted by Gasteiger charge is 2.24. The highest BCUT2D eigenvalue weighted by atomic mass is 32.2. The Hall–Kier alpha value is -1.57. The fourth-order valence-electron chi connectivity index (χ4n) is 1.89. The maximum absolute atomic E-state index is 11.1. The quantitative estimate of drug-likeness (QED) is 0.635. The van der Waals surface area contributed by atoms with Crippen LogP contribution in [0.5, 0.6) is 0 Å². The topological polar surface area (TPSA) is 93.0 Å². The maximum atomic E-state index is 11.1. The Kier molecular flexibility index (Phi) is 4.19. The fourth-order valence-corrected chi connectivity index (χ4v) is 2.96. The smallest absolute Gasteiger partial charge is 0.353 e. The Morgan fingerprint density at radius 3 is 2.89 bits per heavy atom. The minimum absolute atomic E-state index is 0.0874. The summed E-state index contributed by atoms with van der Waals surface area (Å²) in [6.45, 7) is 0. The lowest BCUT2D eigenvalue weighted by Crippen LogP contribution is -2.26. The summed E-state index contributed by atoms with van der Waals surface area (Å²) in [5.74, 6) is 2.65. The molecule has 1 atom stereocenters. The van der Waals surface area contributed by atoms with Gasteiger partial charge in [-0.25, -0.2) is 9.97 Å². The zero-order valence-electron chi connectivity index (χ0n) is 10.0. The number of rotatable bonds is 4. The molecule has 2 N–H and O–H groups in total. The lowest BCUT2D eigenvalue weighted by atomic mass is 10.2. The standard InChI is InChI=1S/C10H15N5O2S/c1-11-9-8(15(16)17)10(13-6-12-9)14-7-3-2-4-18-5-7/h6-7H,2-5H2,1H3,(H2,11,12,13,14). The van der Waals surface area contributed by atoms with E-state index in [0.717, 1.165) is 24.3 Å². The second-order valence-corrected chi connectivity index (χ2v) is 5.13. The molecule has 0 saturated carbocycles. The maximum Gasteiger partial charge on any atom is 0.353 e. The van der Waals surface area contributed by atoms with Crippen molar-refractivity contribution >= 4 is 29.1 Å². The number of hydrogen-bond acceptors (Lipinski definition) is 7. The molecule has 1 aromatic rings. The molecule has 8 heteroatoms. The molecule has 1 unspecified atom stereocenters. The van der Waals surface area contributed by atoms with Crippen molar-refractivity contribution in [3.63, 3.8) is 0 Å². The third-order valence-corrected chi connectivity index (χ3v) is 3.96. The minimum Gasteiger partial charge on any atom is -0.367 e. The van der Waals surface area contributed by atoms with Crippen LogP contribution in [-0.2, 0) is 0 Å². The van der Waals surface area contributed by atoms with Crippen LogP contribution in [0.2, 0.25) is 0 Å². The number of nitrogens with one attached hydrogen (secondary N) is 2. The van der Waals surface area contributed by atoms with Gasteiger partial charge in [-0.3, -0.25) is 10.1 Å². The first-order valence-corrected chi connectivity index (χ1v) is 6.89. The first-order valence-electron chi connectivity index (χ1n) is 5.73. The molecule has 0 aromatic carbocycles. The van der Waals surface area contributed by atoms with Gasteiger partial charge in [0.15, 0.2) is 0 Å². The second-order valence-electron chi connectivity index (χ2n) is 3.99. The Balaban J connectivity index is 2.23.